The molecule has 3 heterocycles. The fraction of sp³-hybridized carbons (Fsp3) is 0.280. The first-order valence-corrected chi connectivity index (χ1v) is 12.1. The largest absolute Gasteiger partial charge is 0.365 e. The number of amides is 1. The van der Waals surface area contributed by atoms with Crippen LogP contribution in [0.3, 0.4) is 0 Å². The van der Waals surface area contributed by atoms with Gasteiger partial charge in [-0.1, -0.05) is 66.8 Å². The van der Waals surface area contributed by atoms with Gasteiger partial charge in [-0.2, -0.15) is 0 Å². The van der Waals surface area contributed by atoms with Crippen molar-refractivity contribution in [2.75, 3.05) is 5.32 Å². The average molecular weight is 479 g/mol. The van der Waals surface area contributed by atoms with Crippen molar-refractivity contribution in [2.45, 2.75) is 46.7 Å². The van der Waals surface area contributed by atoms with E-state index >= 15 is 0 Å². The van der Waals surface area contributed by atoms with Gasteiger partial charge < -0.3 is 5.32 Å². The van der Waals surface area contributed by atoms with Crippen LogP contribution in [0.1, 0.15) is 42.5 Å². The zero-order valence-corrected chi connectivity index (χ0v) is 20.7. The van der Waals surface area contributed by atoms with Crippen LogP contribution in [0.5, 0.6) is 0 Å². The molecule has 1 N–H and O–H groups in total. The average Bonchev–Trinajstić information content (AvgIpc) is 3.08. The Balaban J connectivity index is 1.80. The number of anilines is 1. The van der Waals surface area contributed by atoms with Gasteiger partial charge in [0, 0.05) is 18.8 Å². The van der Waals surface area contributed by atoms with Crippen LogP contribution >= 0.6 is 24.0 Å². The second-order valence-corrected chi connectivity index (χ2v) is 9.89. The van der Waals surface area contributed by atoms with Crippen LogP contribution < -0.4 is 10.9 Å². The Bertz CT molecular complexity index is 1330. The summed E-state index contributed by atoms with van der Waals surface area (Å²) in [6.45, 7) is 8.45. The number of nitrogens with one attached hydrogen (secondary N) is 1. The number of rotatable bonds is 6. The molecule has 0 bridgehead atoms. The van der Waals surface area contributed by atoms with Gasteiger partial charge in [0.2, 0.25) is 0 Å². The second kappa shape index (κ2) is 9.49. The fourth-order valence-corrected chi connectivity index (χ4v) is 5.09. The topological polar surface area (TPSA) is 66.7 Å². The molecule has 1 atom stereocenters. The molecule has 3 aromatic rings. The lowest BCUT2D eigenvalue weighted by Gasteiger charge is -2.21. The maximum absolute atomic E-state index is 13.5. The second-order valence-electron chi connectivity index (χ2n) is 8.21. The first kappa shape index (κ1) is 23.2. The van der Waals surface area contributed by atoms with Gasteiger partial charge in [0.25, 0.3) is 11.5 Å². The van der Waals surface area contributed by atoms with Gasteiger partial charge in [-0.05, 0) is 50.5 Å². The number of hydrogen-bond donors (Lipinski definition) is 1. The third-order valence-corrected chi connectivity index (χ3v) is 7.13. The summed E-state index contributed by atoms with van der Waals surface area (Å²) in [6.07, 6.45) is 4.12. The molecule has 0 unspecified atom stereocenters. The van der Waals surface area contributed by atoms with Gasteiger partial charge in [-0.25, -0.2) is 4.98 Å². The number of fused-ring (bicyclic) bond motifs is 1. The third-order valence-electron chi connectivity index (χ3n) is 5.80. The summed E-state index contributed by atoms with van der Waals surface area (Å²) in [6, 6.07) is 11.9. The SMILES string of the molecule is CC[C@H](C)N1C(=O)/C(=C/c2c(NCc3ccc(C)cc3)nc3c(C)cccn3c2=O)SC1=S. The van der Waals surface area contributed by atoms with Crippen LogP contribution in [0.4, 0.5) is 5.82 Å². The summed E-state index contributed by atoms with van der Waals surface area (Å²) in [5.74, 6) is 0.279. The molecule has 1 aromatic carbocycles. The van der Waals surface area contributed by atoms with Crippen molar-refractivity contribution < 1.29 is 4.79 Å². The number of thiocarbonyl (C=S) groups is 1. The van der Waals surface area contributed by atoms with Crippen molar-refractivity contribution in [3.63, 3.8) is 0 Å². The van der Waals surface area contributed by atoms with Crippen molar-refractivity contribution >= 4 is 51.7 Å². The smallest absolute Gasteiger partial charge is 0.267 e. The summed E-state index contributed by atoms with van der Waals surface area (Å²) < 4.78 is 2.03. The number of carbonyl (C=O) groups is 1. The maximum Gasteiger partial charge on any atom is 0.267 e. The number of aryl methyl sites for hydroxylation is 2. The fourth-order valence-electron chi connectivity index (χ4n) is 3.64. The Kier molecular flexibility index (Phi) is 6.67. The lowest BCUT2D eigenvalue weighted by molar-refractivity contribution is -0.123. The molecule has 6 nitrogen and oxygen atoms in total. The molecule has 1 aliphatic rings. The van der Waals surface area contributed by atoms with Gasteiger partial charge in [-0.3, -0.25) is 18.9 Å². The molecular formula is C25H26N4O2S2. The van der Waals surface area contributed by atoms with Gasteiger partial charge in [0.1, 0.15) is 15.8 Å². The van der Waals surface area contributed by atoms with E-state index in [0.29, 0.717) is 32.8 Å². The van der Waals surface area contributed by atoms with Crippen molar-refractivity contribution in [2.24, 2.45) is 0 Å². The molecule has 1 fully saturated rings. The van der Waals surface area contributed by atoms with Gasteiger partial charge in [-0.15, -0.1) is 0 Å². The molecule has 33 heavy (non-hydrogen) atoms. The predicted molar refractivity (Wildman–Crippen MR) is 139 cm³/mol. The summed E-state index contributed by atoms with van der Waals surface area (Å²) in [5.41, 5.74) is 3.83. The maximum atomic E-state index is 13.5. The molecule has 1 aliphatic heterocycles. The van der Waals surface area contributed by atoms with E-state index in [-0.39, 0.29) is 17.5 Å². The molecule has 0 aliphatic carbocycles. The van der Waals surface area contributed by atoms with Crippen LogP contribution in [0, 0.1) is 13.8 Å². The van der Waals surface area contributed by atoms with E-state index in [1.54, 1.807) is 17.2 Å². The Labute approximate surface area is 202 Å². The summed E-state index contributed by atoms with van der Waals surface area (Å²) in [4.78, 5) is 33.4. The van der Waals surface area contributed by atoms with E-state index in [9.17, 15) is 9.59 Å². The zero-order chi connectivity index (χ0) is 23.7. The van der Waals surface area contributed by atoms with E-state index < -0.39 is 0 Å². The molecule has 0 spiro atoms. The minimum absolute atomic E-state index is 0.000933. The van der Waals surface area contributed by atoms with E-state index in [1.807, 2.05) is 64.1 Å². The van der Waals surface area contributed by atoms with Crippen LogP contribution in [0.25, 0.3) is 11.7 Å². The highest BCUT2D eigenvalue weighted by atomic mass is 32.2. The number of hydrogen-bond acceptors (Lipinski definition) is 6. The molecule has 2 aromatic heterocycles. The Morgan fingerprint density at radius 2 is 1.91 bits per heavy atom. The molecule has 170 valence electrons. The Morgan fingerprint density at radius 3 is 2.61 bits per heavy atom. The zero-order valence-electron chi connectivity index (χ0n) is 19.1. The van der Waals surface area contributed by atoms with Crippen molar-refractivity contribution in [1.29, 1.82) is 0 Å². The van der Waals surface area contributed by atoms with Crippen LogP contribution in [-0.4, -0.2) is 30.6 Å². The lowest BCUT2D eigenvalue weighted by Crippen LogP contribution is -2.36. The first-order chi connectivity index (χ1) is 15.8. The molecule has 0 saturated carbocycles. The lowest BCUT2D eigenvalue weighted by atomic mass is 10.1. The summed E-state index contributed by atoms with van der Waals surface area (Å²) in [5, 5.41) is 3.32. The number of pyridine rings is 1. The quantitative estimate of drug-likeness (QED) is 0.401. The number of benzene rings is 1. The van der Waals surface area contributed by atoms with Gasteiger partial charge >= 0.3 is 0 Å². The molecule has 1 amide bonds. The summed E-state index contributed by atoms with van der Waals surface area (Å²) >= 11 is 6.68. The molecule has 4 rings (SSSR count). The monoisotopic (exact) mass is 478 g/mol. The number of thioether (sulfide) groups is 1. The van der Waals surface area contributed by atoms with Crippen molar-refractivity contribution in [1.82, 2.24) is 14.3 Å². The highest BCUT2D eigenvalue weighted by molar-refractivity contribution is 8.26. The highest BCUT2D eigenvalue weighted by Crippen LogP contribution is 2.35. The Hall–Kier alpha value is -2.97. The van der Waals surface area contributed by atoms with Crippen molar-refractivity contribution in [3.05, 3.63) is 80.1 Å². The van der Waals surface area contributed by atoms with E-state index in [2.05, 4.69) is 5.32 Å². The van der Waals surface area contributed by atoms with Gasteiger partial charge in [0.15, 0.2) is 0 Å². The van der Waals surface area contributed by atoms with E-state index in [0.717, 1.165) is 17.5 Å². The van der Waals surface area contributed by atoms with Gasteiger partial charge in [0.05, 0.1) is 10.5 Å². The number of aromatic nitrogens is 2. The minimum atomic E-state index is -0.232. The molecule has 8 heteroatoms. The standard InChI is InChI=1S/C25H26N4O2S2/c1-5-17(4)29-24(31)20(33-25(29)32)13-19-21(26-14-18-10-8-15(2)9-11-18)27-22-16(3)7-6-12-28(22)23(19)30/h6-13,17,26H,5,14H2,1-4H3/b20-13-/t17-/m0/s1. The van der Waals surface area contributed by atoms with E-state index in [1.165, 1.54) is 21.7 Å². The first-order valence-electron chi connectivity index (χ1n) is 10.9. The minimum Gasteiger partial charge on any atom is -0.365 e. The normalized spacial score (nSPS) is 16.1. The van der Waals surface area contributed by atoms with Crippen molar-refractivity contribution in [3.8, 4) is 0 Å². The molecule has 1 saturated heterocycles. The number of carbonyl (C=O) groups excluding carboxylic acids is 1. The summed E-state index contributed by atoms with van der Waals surface area (Å²) in [7, 11) is 0. The number of nitrogens with zero attached hydrogens (tertiary/aromatic N) is 3. The predicted octanol–water partition coefficient (Wildman–Crippen LogP) is 4.92. The van der Waals surface area contributed by atoms with Crippen LogP contribution in [-0.2, 0) is 11.3 Å². The molecular weight excluding hydrogens is 452 g/mol. The van der Waals surface area contributed by atoms with E-state index in [4.69, 9.17) is 17.2 Å². The molecule has 0 radical (unpaired) electrons. The van der Waals surface area contributed by atoms with Crippen LogP contribution in [0.15, 0.2) is 52.3 Å². The van der Waals surface area contributed by atoms with Crippen LogP contribution in [0.2, 0.25) is 0 Å². The Morgan fingerprint density at radius 1 is 1.18 bits per heavy atom. The third kappa shape index (κ3) is 4.58. The highest BCUT2D eigenvalue weighted by Gasteiger charge is 2.35.